The number of aromatic nitrogens is 1. The number of carbonyl (C=O) groups is 2. The Morgan fingerprint density at radius 1 is 1.16 bits per heavy atom. The van der Waals surface area contributed by atoms with Gasteiger partial charge in [0.1, 0.15) is 5.69 Å². The third-order valence-electron chi connectivity index (χ3n) is 5.71. The summed E-state index contributed by atoms with van der Waals surface area (Å²) >= 11 is 1.43. The molecule has 1 aromatic rings. The van der Waals surface area contributed by atoms with Crippen LogP contribution in [0.2, 0.25) is 0 Å². The number of amides is 2. The Morgan fingerprint density at radius 2 is 1.90 bits per heavy atom. The molecule has 1 aromatic heterocycles. The van der Waals surface area contributed by atoms with Crippen LogP contribution in [0.4, 0.5) is 0 Å². The van der Waals surface area contributed by atoms with Gasteiger partial charge in [-0.05, 0) is 38.0 Å². The second-order valence-electron chi connectivity index (χ2n) is 8.26. The molecule has 166 valence electrons. The summed E-state index contributed by atoms with van der Waals surface area (Å²) in [7, 11) is 0. The van der Waals surface area contributed by atoms with Crippen molar-refractivity contribution in [1.82, 2.24) is 15.6 Å². The lowest BCUT2D eigenvalue weighted by molar-refractivity contribution is -0.117. The van der Waals surface area contributed by atoms with Crippen molar-refractivity contribution in [2.24, 2.45) is 22.0 Å². The van der Waals surface area contributed by atoms with E-state index in [2.05, 4.69) is 52.8 Å². The van der Waals surface area contributed by atoms with Gasteiger partial charge < -0.3 is 10.6 Å². The molecule has 2 amide bonds. The lowest BCUT2D eigenvalue weighted by Gasteiger charge is -2.27. The van der Waals surface area contributed by atoms with E-state index in [1.54, 1.807) is 5.38 Å². The maximum Gasteiger partial charge on any atom is 0.275 e. The second kappa shape index (κ2) is 10.6. The van der Waals surface area contributed by atoms with Crippen molar-refractivity contribution in [1.29, 1.82) is 0 Å². The molecule has 8 heteroatoms. The first-order valence-corrected chi connectivity index (χ1v) is 11.9. The number of allylic oxidation sites excluding steroid dienone is 1. The molecule has 31 heavy (non-hydrogen) atoms. The van der Waals surface area contributed by atoms with Gasteiger partial charge in [-0.3, -0.25) is 9.59 Å². The number of aryl methyl sites for hydroxylation is 1. The molecule has 7 nitrogen and oxygen atoms in total. The quantitative estimate of drug-likeness (QED) is 0.586. The summed E-state index contributed by atoms with van der Waals surface area (Å²) in [6.07, 6.45) is 8.81. The van der Waals surface area contributed by atoms with Crippen LogP contribution in [0.25, 0.3) is 0 Å². The van der Waals surface area contributed by atoms with Crippen molar-refractivity contribution in [2.75, 3.05) is 0 Å². The third-order valence-corrected chi connectivity index (χ3v) is 6.61. The molecule has 0 saturated heterocycles. The standard InChI is InChI=1S/C23H31N5O2S/c1-5-9-20-26-19(13-31-20)23(30)25-16(4)22(29)24-15(3)21-14(2)12-18(27-28-21)17-10-7-6-8-11-17/h13-14,17H,3-12H2,1-2H3,(H,24,29)(H,25,30). The number of rotatable bonds is 8. The molecule has 2 N–H and O–H groups in total. The normalized spacial score (nSPS) is 19.2. The Bertz CT molecular complexity index is 924. The van der Waals surface area contributed by atoms with Gasteiger partial charge in [-0.1, -0.05) is 46.3 Å². The molecular weight excluding hydrogens is 410 g/mol. The van der Waals surface area contributed by atoms with Gasteiger partial charge in [-0.15, -0.1) is 11.3 Å². The Labute approximate surface area is 187 Å². The van der Waals surface area contributed by atoms with Gasteiger partial charge in [0.25, 0.3) is 11.8 Å². The van der Waals surface area contributed by atoms with Crippen LogP contribution in [-0.4, -0.2) is 28.2 Å². The van der Waals surface area contributed by atoms with Crippen molar-refractivity contribution in [3.8, 4) is 0 Å². The number of hydrogen-bond donors (Lipinski definition) is 2. The predicted molar refractivity (Wildman–Crippen MR) is 125 cm³/mol. The number of hydrogen-bond acceptors (Lipinski definition) is 6. The first-order chi connectivity index (χ1) is 14.9. The second-order valence-corrected chi connectivity index (χ2v) is 9.20. The molecule has 0 radical (unpaired) electrons. The number of thiazole rings is 1. The maximum absolute atomic E-state index is 12.5. The zero-order valence-electron chi connectivity index (χ0n) is 18.4. The molecule has 0 spiro atoms. The highest BCUT2D eigenvalue weighted by atomic mass is 32.1. The Balaban J connectivity index is 1.55. The Kier molecular flexibility index (Phi) is 7.90. The van der Waals surface area contributed by atoms with Crippen molar-refractivity contribution >= 4 is 34.6 Å². The van der Waals surface area contributed by atoms with Crippen molar-refractivity contribution in [2.45, 2.75) is 65.2 Å². The summed E-state index contributed by atoms with van der Waals surface area (Å²) in [5.41, 5.74) is 2.44. The molecule has 1 aliphatic heterocycles. The van der Waals surface area contributed by atoms with E-state index in [4.69, 9.17) is 0 Å². The van der Waals surface area contributed by atoms with Gasteiger partial charge in [0.15, 0.2) is 0 Å². The Morgan fingerprint density at radius 3 is 2.58 bits per heavy atom. The van der Waals surface area contributed by atoms with Crippen LogP contribution in [0, 0.1) is 11.8 Å². The topological polar surface area (TPSA) is 95.8 Å². The lowest BCUT2D eigenvalue weighted by atomic mass is 9.81. The highest BCUT2D eigenvalue weighted by Gasteiger charge is 2.27. The summed E-state index contributed by atoms with van der Waals surface area (Å²) in [4.78, 5) is 29.1. The van der Waals surface area contributed by atoms with Crippen molar-refractivity contribution in [3.05, 3.63) is 40.6 Å². The largest absolute Gasteiger partial charge is 0.320 e. The van der Waals surface area contributed by atoms with Gasteiger partial charge in [-0.2, -0.15) is 10.2 Å². The molecule has 0 bridgehead atoms. The van der Waals surface area contributed by atoms with Crippen molar-refractivity contribution < 1.29 is 9.59 Å². The average molecular weight is 442 g/mol. The van der Waals surface area contributed by atoms with Gasteiger partial charge in [0.2, 0.25) is 0 Å². The van der Waals surface area contributed by atoms with E-state index in [1.807, 2.05) is 0 Å². The minimum absolute atomic E-state index is 0.0633. The van der Waals surface area contributed by atoms with E-state index in [-0.39, 0.29) is 17.3 Å². The van der Waals surface area contributed by atoms with Gasteiger partial charge in [0.05, 0.1) is 22.1 Å². The SMILES string of the molecule is C=C(NC(=O)c1csc(CCC)n1)C(=O)NC(=C)C1=NN=C(C2CCCCC2)CC1C. The highest BCUT2D eigenvalue weighted by Crippen LogP contribution is 2.29. The van der Waals surface area contributed by atoms with Gasteiger partial charge >= 0.3 is 0 Å². The van der Waals surface area contributed by atoms with Gasteiger partial charge in [0, 0.05) is 17.0 Å². The average Bonchev–Trinajstić information content (AvgIpc) is 3.23. The summed E-state index contributed by atoms with van der Waals surface area (Å²) in [6.45, 7) is 11.8. The molecule has 1 aliphatic carbocycles. The molecule has 1 atom stereocenters. The zero-order chi connectivity index (χ0) is 22.4. The van der Waals surface area contributed by atoms with Crippen LogP contribution >= 0.6 is 11.3 Å². The predicted octanol–water partition coefficient (Wildman–Crippen LogP) is 4.39. The first kappa shape index (κ1) is 23.1. The maximum atomic E-state index is 12.5. The van der Waals surface area contributed by atoms with Crippen LogP contribution in [-0.2, 0) is 11.2 Å². The van der Waals surface area contributed by atoms with Gasteiger partial charge in [-0.25, -0.2) is 4.98 Å². The molecule has 0 aromatic carbocycles. The number of nitrogens with one attached hydrogen (secondary N) is 2. The summed E-state index contributed by atoms with van der Waals surface area (Å²) in [5, 5.41) is 16.6. The fraction of sp³-hybridized carbons (Fsp3) is 0.522. The minimum atomic E-state index is -0.528. The summed E-state index contributed by atoms with van der Waals surface area (Å²) in [5.74, 6) is -0.325. The third kappa shape index (κ3) is 5.97. The fourth-order valence-electron chi connectivity index (χ4n) is 3.99. The number of nitrogens with zero attached hydrogens (tertiary/aromatic N) is 3. The van der Waals surface area contributed by atoms with Crippen LogP contribution in [0.1, 0.15) is 74.3 Å². The highest BCUT2D eigenvalue weighted by molar-refractivity contribution is 7.09. The molecule has 2 aliphatic rings. The monoisotopic (exact) mass is 441 g/mol. The van der Waals surface area contributed by atoms with Crippen LogP contribution in [0.3, 0.4) is 0 Å². The van der Waals surface area contributed by atoms with E-state index in [0.717, 1.165) is 30.0 Å². The number of carbonyl (C=O) groups excluding carboxylic acids is 2. The first-order valence-electron chi connectivity index (χ1n) is 11.0. The van der Waals surface area contributed by atoms with Crippen molar-refractivity contribution in [3.63, 3.8) is 0 Å². The summed E-state index contributed by atoms with van der Waals surface area (Å²) in [6, 6.07) is 0. The van der Waals surface area contributed by atoms with E-state index < -0.39 is 11.8 Å². The lowest BCUT2D eigenvalue weighted by Crippen LogP contribution is -2.37. The summed E-state index contributed by atoms with van der Waals surface area (Å²) < 4.78 is 0. The van der Waals surface area contributed by atoms with Crippen LogP contribution < -0.4 is 10.6 Å². The molecule has 3 rings (SSSR count). The molecule has 1 unspecified atom stereocenters. The Hall–Kier alpha value is -2.61. The smallest absolute Gasteiger partial charge is 0.275 e. The molecule has 2 heterocycles. The minimum Gasteiger partial charge on any atom is -0.320 e. The van der Waals surface area contributed by atoms with E-state index in [1.165, 1.54) is 43.4 Å². The van der Waals surface area contributed by atoms with E-state index in [0.29, 0.717) is 17.3 Å². The fourth-order valence-corrected chi connectivity index (χ4v) is 4.87. The molecular formula is C23H31N5O2S. The van der Waals surface area contributed by atoms with E-state index >= 15 is 0 Å². The van der Waals surface area contributed by atoms with Crippen LogP contribution in [0.15, 0.2) is 40.1 Å². The zero-order valence-corrected chi connectivity index (χ0v) is 19.2. The van der Waals surface area contributed by atoms with E-state index in [9.17, 15) is 9.59 Å². The van der Waals surface area contributed by atoms with Crippen LogP contribution in [0.5, 0.6) is 0 Å². The molecule has 1 saturated carbocycles. The molecule has 1 fully saturated rings.